The fraction of sp³-hybridized carbons (Fsp3) is 0.933. The monoisotopic (exact) mass is 267 g/mol. The van der Waals surface area contributed by atoms with E-state index >= 15 is 0 Å². The van der Waals surface area contributed by atoms with Gasteiger partial charge in [-0.05, 0) is 25.7 Å². The number of ether oxygens (including phenoxy) is 2. The summed E-state index contributed by atoms with van der Waals surface area (Å²) in [7, 11) is 0. The second kappa shape index (κ2) is 5.90. The minimum atomic E-state index is -0.185. The first-order chi connectivity index (χ1) is 9.33. The van der Waals surface area contributed by atoms with Gasteiger partial charge in [-0.1, -0.05) is 12.8 Å². The van der Waals surface area contributed by atoms with Crippen LogP contribution in [-0.4, -0.2) is 55.7 Å². The van der Waals surface area contributed by atoms with Crippen LogP contribution < -0.4 is 0 Å². The zero-order valence-electron chi connectivity index (χ0n) is 11.7. The summed E-state index contributed by atoms with van der Waals surface area (Å²) >= 11 is 0. The molecule has 0 spiro atoms. The van der Waals surface area contributed by atoms with Gasteiger partial charge in [-0.25, -0.2) is 0 Å². The average Bonchev–Trinajstić information content (AvgIpc) is 2.99. The number of nitrogens with zero attached hydrogens (tertiary/aromatic N) is 1. The van der Waals surface area contributed by atoms with Gasteiger partial charge in [0.2, 0.25) is 0 Å². The van der Waals surface area contributed by atoms with E-state index in [1.165, 1.54) is 12.8 Å². The van der Waals surface area contributed by atoms with Crippen LogP contribution in [0.5, 0.6) is 0 Å². The standard InChI is InChI=1S/C15H25NO3/c17-14(13-4-3-9-19-12-13)15(5-1-2-6-15)16-7-10-18-11-8-16/h13H,1-12H2. The molecule has 0 aromatic rings. The van der Waals surface area contributed by atoms with Crippen LogP contribution in [0, 0.1) is 5.92 Å². The van der Waals surface area contributed by atoms with E-state index in [1.54, 1.807) is 0 Å². The molecular weight excluding hydrogens is 242 g/mol. The molecule has 0 amide bonds. The van der Waals surface area contributed by atoms with Crippen molar-refractivity contribution in [2.75, 3.05) is 39.5 Å². The molecule has 3 fully saturated rings. The lowest BCUT2D eigenvalue weighted by molar-refractivity contribution is -0.142. The van der Waals surface area contributed by atoms with E-state index in [1.807, 2.05) is 0 Å². The number of hydrogen-bond donors (Lipinski definition) is 0. The van der Waals surface area contributed by atoms with Crippen LogP contribution in [0.1, 0.15) is 38.5 Å². The molecule has 0 aromatic carbocycles. The zero-order valence-corrected chi connectivity index (χ0v) is 11.7. The first kappa shape index (κ1) is 13.5. The molecule has 1 saturated carbocycles. The SMILES string of the molecule is O=C(C1CCCOC1)C1(N2CCOCC2)CCCC1. The van der Waals surface area contributed by atoms with Crippen molar-refractivity contribution in [1.29, 1.82) is 0 Å². The topological polar surface area (TPSA) is 38.8 Å². The largest absolute Gasteiger partial charge is 0.381 e. The molecule has 0 bridgehead atoms. The van der Waals surface area contributed by atoms with Crippen LogP contribution in [0.2, 0.25) is 0 Å². The van der Waals surface area contributed by atoms with Gasteiger partial charge < -0.3 is 9.47 Å². The van der Waals surface area contributed by atoms with Crippen molar-refractivity contribution in [3.05, 3.63) is 0 Å². The molecule has 3 rings (SSSR count). The molecule has 3 aliphatic rings. The second-order valence-electron chi connectivity index (χ2n) is 6.12. The number of carbonyl (C=O) groups is 1. The highest BCUT2D eigenvalue weighted by atomic mass is 16.5. The fourth-order valence-electron chi connectivity index (χ4n) is 4.00. The molecule has 2 heterocycles. The van der Waals surface area contributed by atoms with Crippen molar-refractivity contribution in [2.45, 2.75) is 44.1 Å². The molecule has 0 aromatic heterocycles. The highest BCUT2D eigenvalue weighted by Gasteiger charge is 2.48. The molecule has 108 valence electrons. The molecule has 4 heteroatoms. The predicted octanol–water partition coefficient (Wildman–Crippen LogP) is 1.63. The summed E-state index contributed by atoms with van der Waals surface area (Å²) in [6, 6.07) is 0. The molecular formula is C15H25NO3. The Labute approximate surface area is 115 Å². The van der Waals surface area contributed by atoms with E-state index in [0.717, 1.165) is 58.6 Å². The van der Waals surface area contributed by atoms with Crippen LogP contribution in [0.4, 0.5) is 0 Å². The molecule has 0 radical (unpaired) electrons. The molecule has 0 N–H and O–H groups in total. The van der Waals surface area contributed by atoms with E-state index in [4.69, 9.17) is 9.47 Å². The Morgan fingerprint density at radius 2 is 1.74 bits per heavy atom. The van der Waals surface area contributed by atoms with Crippen molar-refractivity contribution in [3.8, 4) is 0 Å². The molecule has 4 nitrogen and oxygen atoms in total. The minimum Gasteiger partial charge on any atom is -0.381 e. The van der Waals surface area contributed by atoms with E-state index in [0.29, 0.717) is 12.4 Å². The fourth-order valence-corrected chi connectivity index (χ4v) is 4.00. The smallest absolute Gasteiger partial charge is 0.158 e. The molecule has 1 unspecified atom stereocenters. The van der Waals surface area contributed by atoms with Crippen molar-refractivity contribution in [1.82, 2.24) is 4.90 Å². The van der Waals surface area contributed by atoms with Crippen LogP contribution in [0.3, 0.4) is 0 Å². The lowest BCUT2D eigenvalue weighted by Crippen LogP contribution is -2.58. The highest BCUT2D eigenvalue weighted by Crippen LogP contribution is 2.39. The third-order valence-electron chi connectivity index (χ3n) is 5.04. The third-order valence-corrected chi connectivity index (χ3v) is 5.04. The Balaban J connectivity index is 1.76. The number of morpholine rings is 1. The molecule has 19 heavy (non-hydrogen) atoms. The first-order valence-electron chi connectivity index (χ1n) is 7.78. The van der Waals surface area contributed by atoms with Crippen molar-refractivity contribution < 1.29 is 14.3 Å². The number of rotatable bonds is 3. The third kappa shape index (κ3) is 2.58. The van der Waals surface area contributed by atoms with Gasteiger partial charge in [0.05, 0.1) is 25.4 Å². The van der Waals surface area contributed by atoms with Gasteiger partial charge in [-0.15, -0.1) is 0 Å². The van der Waals surface area contributed by atoms with Gasteiger partial charge in [0.15, 0.2) is 5.78 Å². The summed E-state index contributed by atoms with van der Waals surface area (Å²) in [5.41, 5.74) is -0.185. The van der Waals surface area contributed by atoms with Gasteiger partial charge in [-0.3, -0.25) is 9.69 Å². The Hall–Kier alpha value is -0.450. The summed E-state index contributed by atoms with van der Waals surface area (Å²) in [4.78, 5) is 15.5. The summed E-state index contributed by atoms with van der Waals surface area (Å²) in [5.74, 6) is 0.598. The minimum absolute atomic E-state index is 0.134. The van der Waals surface area contributed by atoms with Crippen molar-refractivity contribution in [2.24, 2.45) is 5.92 Å². The first-order valence-corrected chi connectivity index (χ1v) is 7.78. The summed E-state index contributed by atoms with van der Waals surface area (Å²) in [6.45, 7) is 4.85. The maximum absolute atomic E-state index is 13.1. The van der Waals surface area contributed by atoms with Crippen molar-refractivity contribution in [3.63, 3.8) is 0 Å². The van der Waals surface area contributed by atoms with Gasteiger partial charge in [0.25, 0.3) is 0 Å². The average molecular weight is 267 g/mol. The number of hydrogen-bond acceptors (Lipinski definition) is 4. The van der Waals surface area contributed by atoms with Crippen LogP contribution in [-0.2, 0) is 14.3 Å². The van der Waals surface area contributed by atoms with E-state index in [-0.39, 0.29) is 11.5 Å². The van der Waals surface area contributed by atoms with E-state index in [2.05, 4.69) is 4.90 Å². The Morgan fingerprint density at radius 3 is 2.37 bits per heavy atom. The maximum Gasteiger partial charge on any atom is 0.158 e. The Bertz CT molecular complexity index is 313. The Kier molecular flexibility index (Phi) is 4.20. The second-order valence-corrected chi connectivity index (χ2v) is 6.12. The van der Waals surface area contributed by atoms with Gasteiger partial charge in [-0.2, -0.15) is 0 Å². The molecule has 1 atom stereocenters. The normalized spacial score (nSPS) is 32.3. The van der Waals surface area contributed by atoms with Crippen LogP contribution in [0.25, 0.3) is 0 Å². The Morgan fingerprint density at radius 1 is 1.00 bits per heavy atom. The number of ketones is 1. The van der Waals surface area contributed by atoms with Crippen LogP contribution >= 0.6 is 0 Å². The molecule has 1 aliphatic carbocycles. The van der Waals surface area contributed by atoms with Crippen LogP contribution in [0.15, 0.2) is 0 Å². The van der Waals surface area contributed by atoms with Gasteiger partial charge in [0.1, 0.15) is 0 Å². The van der Waals surface area contributed by atoms with Crippen molar-refractivity contribution >= 4 is 5.78 Å². The lowest BCUT2D eigenvalue weighted by Gasteiger charge is -2.44. The predicted molar refractivity (Wildman–Crippen MR) is 72.1 cm³/mol. The lowest BCUT2D eigenvalue weighted by atomic mass is 9.80. The number of carbonyl (C=O) groups excluding carboxylic acids is 1. The van der Waals surface area contributed by atoms with Gasteiger partial charge in [0, 0.05) is 25.6 Å². The zero-order chi connectivity index (χ0) is 13.1. The quantitative estimate of drug-likeness (QED) is 0.779. The summed E-state index contributed by atoms with van der Waals surface area (Å²) in [6.07, 6.45) is 6.53. The molecule has 2 saturated heterocycles. The summed E-state index contributed by atoms with van der Waals surface area (Å²) < 4.78 is 11.0. The molecule has 2 aliphatic heterocycles. The van der Waals surface area contributed by atoms with E-state index < -0.39 is 0 Å². The highest BCUT2D eigenvalue weighted by molar-refractivity contribution is 5.91. The van der Waals surface area contributed by atoms with E-state index in [9.17, 15) is 4.79 Å². The van der Waals surface area contributed by atoms with Gasteiger partial charge >= 0.3 is 0 Å². The maximum atomic E-state index is 13.1. The number of Topliss-reactive ketones (excluding diaryl/α,β-unsaturated/α-hetero) is 1. The summed E-state index contributed by atoms with van der Waals surface area (Å²) in [5, 5.41) is 0.